The summed E-state index contributed by atoms with van der Waals surface area (Å²) in [6, 6.07) is 7.92. The molecular formula is C18H21FN2O3S. The molecule has 0 saturated carbocycles. The standard InChI is InChI=1S/C18H21FN2O3S/c1-21(10-11-24-16-6-3-2-5-15(16)19)17(22)7-4-9-20-18(23)14-8-12-25-13-14/h2-3,5-6,8,12-13H,4,7,9-11H2,1H3,(H,20,23). The largest absolute Gasteiger partial charge is 0.489 e. The minimum absolute atomic E-state index is 0.0399. The summed E-state index contributed by atoms with van der Waals surface area (Å²) in [5, 5.41) is 6.41. The molecule has 0 unspecified atom stereocenters. The molecule has 0 fully saturated rings. The van der Waals surface area contributed by atoms with Crippen molar-refractivity contribution in [2.75, 3.05) is 26.7 Å². The first-order valence-electron chi connectivity index (χ1n) is 7.99. The van der Waals surface area contributed by atoms with E-state index in [2.05, 4.69) is 5.32 Å². The van der Waals surface area contributed by atoms with E-state index in [9.17, 15) is 14.0 Å². The average Bonchev–Trinajstić information content (AvgIpc) is 3.14. The van der Waals surface area contributed by atoms with E-state index in [4.69, 9.17) is 4.74 Å². The van der Waals surface area contributed by atoms with Crippen LogP contribution in [-0.4, -0.2) is 43.5 Å². The molecule has 0 radical (unpaired) electrons. The van der Waals surface area contributed by atoms with Crippen LogP contribution in [0.2, 0.25) is 0 Å². The molecule has 0 spiro atoms. The number of benzene rings is 1. The van der Waals surface area contributed by atoms with E-state index < -0.39 is 5.82 Å². The van der Waals surface area contributed by atoms with Crippen molar-refractivity contribution in [2.45, 2.75) is 12.8 Å². The number of nitrogens with zero attached hydrogens (tertiary/aromatic N) is 1. The Labute approximate surface area is 150 Å². The van der Waals surface area contributed by atoms with Crippen molar-refractivity contribution in [1.29, 1.82) is 0 Å². The second-order valence-corrected chi connectivity index (χ2v) is 6.25. The van der Waals surface area contributed by atoms with Crippen LogP contribution in [0.15, 0.2) is 41.1 Å². The zero-order valence-corrected chi connectivity index (χ0v) is 14.9. The lowest BCUT2D eigenvalue weighted by molar-refractivity contribution is -0.130. The van der Waals surface area contributed by atoms with Gasteiger partial charge >= 0.3 is 0 Å². The SMILES string of the molecule is CN(CCOc1ccccc1F)C(=O)CCCNC(=O)c1ccsc1. The molecule has 7 heteroatoms. The first-order valence-corrected chi connectivity index (χ1v) is 8.94. The van der Waals surface area contributed by atoms with Gasteiger partial charge in [0.05, 0.1) is 6.54 Å². The molecule has 25 heavy (non-hydrogen) atoms. The van der Waals surface area contributed by atoms with Gasteiger partial charge in [0.2, 0.25) is 5.91 Å². The van der Waals surface area contributed by atoms with Gasteiger partial charge in [-0.25, -0.2) is 4.39 Å². The van der Waals surface area contributed by atoms with Gasteiger partial charge in [-0.3, -0.25) is 9.59 Å². The number of para-hydroxylation sites is 1. The number of carbonyl (C=O) groups is 2. The third-order valence-corrected chi connectivity index (χ3v) is 4.27. The Morgan fingerprint density at radius 2 is 2.08 bits per heavy atom. The summed E-state index contributed by atoms with van der Waals surface area (Å²) in [5.41, 5.74) is 0.638. The van der Waals surface area contributed by atoms with Gasteiger partial charge in [0.25, 0.3) is 5.91 Å². The normalized spacial score (nSPS) is 10.3. The Morgan fingerprint density at radius 3 is 2.80 bits per heavy atom. The van der Waals surface area contributed by atoms with Gasteiger partial charge in [0, 0.05) is 31.0 Å². The monoisotopic (exact) mass is 364 g/mol. The first-order chi connectivity index (χ1) is 12.1. The van der Waals surface area contributed by atoms with Crippen LogP contribution in [0.25, 0.3) is 0 Å². The topological polar surface area (TPSA) is 58.6 Å². The molecule has 1 heterocycles. The fourth-order valence-electron chi connectivity index (χ4n) is 2.11. The Morgan fingerprint density at radius 1 is 1.28 bits per heavy atom. The molecule has 1 N–H and O–H groups in total. The highest BCUT2D eigenvalue weighted by Crippen LogP contribution is 2.15. The first kappa shape index (κ1) is 18.9. The average molecular weight is 364 g/mol. The second kappa shape index (κ2) is 9.78. The van der Waals surface area contributed by atoms with Gasteiger partial charge in [-0.2, -0.15) is 11.3 Å². The number of ether oxygens (including phenoxy) is 1. The summed E-state index contributed by atoms with van der Waals surface area (Å²) in [6.07, 6.45) is 0.896. The van der Waals surface area contributed by atoms with Crippen LogP contribution in [-0.2, 0) is 4.79 Å². The Hall–Kier alpha value is -2.41. The van der Waals surface area contributed by atoms with Crippen molar-refractivity contribution in [1.82, 2.24) is 10.2 Å². The van der Waals surface area contributed by atoms with E-state index in [1.54, 1.807) is 41.6 Å². The molecule has 0 aliphatic heterocycles. The predicted molar refractivity (Wildman–Crippen MR) is 95.4 cm³/mol. The lowest BCUT2D eigenvalue weighted by Crippen LogP contribution is -2.32. The molecule has 2 amide bonds. The van der Waals surface area contributed by atoms with Crippen LogP contribution in [0.4, 0.5) is 4.39 Å². The number of hydrogen-bond acceptors (Lipinski definition) is 4. The fraction of sp³-hybridized carbons (Fsp3) is 0.333. The third kappa shape index (κ3) is 6.19. The summed E-state index contributed by atoms with van der Waals surface area (Å²) in [6.45, 7) is 1.03. The number of amides is 2. The minimum atomic E-state index is -0.419. The van der Waals surface area contributed by atoms with Crippen molar-refractivity contribution in [3.8, 4) is 5.75 Å². The molecule has 0 saturated heterocycles. The maximum atomic E-state index is 13.4. The van der Waals surface area contributed by atoms with E-state index >= 15 is 0 Å². The second-order valence-electron chi connectivity index (χ2n) is 5.47. The molecule has 1 aromatic heterocycles. The lowest BCUT2D eigenvalue weighted by Gasteiger charge is -2.17. The molecule has 0 atom stereocenters. The van der Waals surface area contributed by atoms with E-state index in [1.165, 1.54) is 17.4 Å². The predicted octanol–water partition coefficient (Wildman–Crippen LogP) is 2.93. The molecule has 0 bridgehead atoms. The van der Waals surface area contributed by atoms with Crippen molar-refractivity contribution in [3.05, 3.63) is 52.5 Å². The summed E-state index contributed by atoms with van der Waals surface area (Å²) in [7, 11) is 1.68. The molecule has 1 aromatic carbocycles. The number of carbonyl (C=O) groups excluding carboxylic acids is 2. The molecule has 0 aliphatic carbocycles. The molecule has 134 valence electrons. The number of halogens is 1. The number of hydrogen-bond donors (Lipinski definition) is 1. The van der Waals surface area contributed by atoms with Crippen LogP contribution >= 0.6 is 11.3 Å². The summed E-state index contributed by atoms with van der Waals surface area (Å²) >= 11 is 1.47. The van der Waals surface area contributed by atoms with Crippen LogP contribution in [0, 0.1) is 5.82 Å². The van der Waals surface area contributed by atoms with Gasteiger partial charge in [-0.1, -0.05) is 12.1 Å². The van der Waals surface area contributed by atoms with E-state index in [0.29, 0.717) is 31.5 Å². The smallest absolute Gasteiger partial charge is 0.252 e. The Balaban J connectivity index is 1.60. The quantitative estimate of drug-likeness (QED) is 0.696. The zero-order valence-electron chi connectivity index (χ0n) is 14.0. The van der Waals surface area contributed by atoms with Gasteiger partial charge in [0.15, 0.2) is 11.6 Å². The van der Waals surface area contributed by atoms with Crippen LogP contribution < -0.4 is 10.1 Å². The summed E-state index contributed by atoms with van der Waals surface area (Å²) in [4.78, 5) is 25.3. The maximum Gasteiger partial charge on any atom is 0.252 e. The molecule has 2 rings (SSSR count). The Kier molecular flexibility index (Phi) is 7.40. The highest BCUT2D eigenvalue weighted by atomic mass is 32.1. The number of nitrogens with one attached hydrogen (secondary N) is 1. The summed E-state index contributed by atoms with van der Waals surface area (Å²) < 4.78 is 18.7. The highest BCUT2D eigenvalue weighted by molar-refractivity contribution is 7.08. The molecular weight excluding hydrogens is 343 g/mol. The lowest BCUT2D eigenvalue weighted by atomic mass is 10.2. The maximum absolute atomic E-state index is 13.4. The third-order valence-electron chi connectivity index (χ3n) is 3.58. The zero-order chi connectivity index (χ0) is 18.1. The van der Waals surface area contributed by atoms with Crippen molar-refractivity contribution < 1.29 is 18.7 Å². The van der Waals surface area contributed by atoms with E-state index in [0.717, 1.165) is 0 Å². The number of thiophene rings is 1. The van der Waals surface area contributed by atoms with Crippen molar-refractivity contribution >= 4 is 23.2 Å². The molecule has 5 nitrogen and oxygen atoms in total. The van der Waals surface area contributed by atoms with Gasteiger partial charge in [-0.15, -0.1) is 0 Å². The van der Waals surface area contributed by atoms with Crippen LogP contribution in [0.3, 0.4) is 0 Å². The van der Waals surface area contributed by atoms with Gasteiger partial charge in [0.1, 0.15) is 6.61 Å². The van der Waals surface area contributed by atoms with Gasteiger partial charge < -0.3 is 15.0 Å². The van der Waals surface area contributed by atoms with Gasteiger partial charge in [-0.05, 0) is 30.0 Å². The molecule has 0 aliphatic rings. The van der Waals surface area contributed by atoms with Crippen molar-refractivity contribution in [2.24, 2.45) is 0 Å². The number of likely N-dealkylation sites (N-methyl/N-ethyl adjacent to an activating group) is 1. The fourth-order valence-corrected chi connectivity index (χ4v) is 2.74. The number of rotatable bonds is 9. The van der Waals surface area contributed by atoms with Crippen molar-refractivity contribution in [3.63, 3.8) is 0 Å². The van der Waals surface area contributed by atoms with E-state index in [1.807, 2.05) is 5.38 Å². The highest BCUT2D eigenvalue weighted by Gasteiger charge is 2.10. The molecule has 2 aromatic rings. The Bertz CT molecular complexity index is 691. The van der Waals surface area contributed by atoms with E-state index in [-0.39, 0.29) is 24.2 Å². The minimum Gasteiger partial charge on any atom is -0.489 e. The summed E-state index contributed by atoms with van der Waals surface area (Å²) in [5.74, 6) is -0.403. The van der Waals surface area contributed by atoms with Crippen LogP contribution in [0.5, 0.6) is 5.75 Å². The van der Waals surface area contributed by atoms with Crippen LogP contribution in [0.1, 0.15) is 23.2 Å².